The molecule has 0 aliphatic carbocycles. The van der Waals surface area contributed by atoms with Crippen LogP contribution in [-0.4, -0.2) is 62.3 Å². The number of carbonyl (C=O) groups is 2. The maximum absolute atomic E-state index is 12.4. The summed E-state index contributed by atoms with van der Waals surface area (Å²) in [6.07, 6.45) is 2.55. The largest absolute Gasteiger partial charge is 0.496 e. The second-order valence-electron chi connectivity index (χ2n) is 8.88. The number of hydrogen-bond donors (Lipinski definition) is 3. The first kappa shape index (κ1) is 25.1. The topological polar surface area (TPSA) is 106 Å². The number of carbonyl (C=O) groups excluding carboxylic acids is 2. The number of alkyl carbamates (subject to hydrolysis) is 1. The van der Waals surface area contributed by atoms with Crippen LogP contribution in [0.25, 0.3) is 0 Å². The van der Waals surface area contributed by atoms with Gasteiger partial charge >= 0.3 is 6.09 Å². The molecule has 1 saturated heterocycles. The van der Waals surface area contributed by atoms with E-state index in [1.165, 1.54) is 13.2 Å². The molecule has 31 heavy (non-hydrogen) atoms. The highest BCUT2D eigenvalue weighted by Gasteiger charge is 2.23. The Morgan fingerprint density at radius 3 is 2.68 bits per heavy atom. The van der Waals surface area contributed by atoms with Gasteiger partial charge in [-0.2, -0.15) is 0 Å². The molecule has 0 bridgehead atoms. The van der Waals surface area contributed by atoms with Crippen molar-refractivity contribution in [3.63, 3.8) is 0 Å². The predicted molar refractivity (Wildman–Crippen MR) is 123 cm³/mol. The molecule has 4 N–H and O–H groups in total. The monoisotopic (exact) mass is 454 g/mol. The number of nitrogens with zero attached hydrogens (tertiary/aromatic N) is 1. The average Bonchev–Trinajstić information content (AvgIpc) is 3.14. The van der Waals surface area contributed by atoms with Gasteiger partial charge in [0.05, 0.1) is 23.4 Å². The predicted octanol–water partition coefficient (Wildman–Crippen LogP) is 3.29. The number of nitrogen functional groups attached to an aromatic ring is 1. The van der Waals surface area contributed by atoms with E-state index in [2.05, 4.69) is 15.5 Å². The molecule has 0 spiro atoms. The molecule has 1 unspecified atom stereocenters. The lowest BCUT2D eigenvalue weighted by molar-refractivity contribution is 0.0519. The number of hydrogen-bond acceptors (Lipinski definition) is 6. The van der Waals surface area contributed by atoms with Crippen LogP contribution in [0.4, 0.5) is 10.5 Å². The van der Waals surface area contributed by atoms with E-state index in [-0.39, 0.29) is 12.0 Å². The summed E-state index contributed by atoms with van der Waals surface area (Å²) >= 11 is 6.03. The molecule has 9 heteroatoms. The molecule has 8 nitrogen and oxygen atoms in total. The molecule has 174 valence electrons. The third kappa shape index (κ3) is 8.45. The molecule has 1 fully saturated rings. The van der Waals surface area contributed by atoms with E-state index in [0.29, 0.717) is 41.0 Å². The van der Waals surface area contributed by atoms with Crippen LogP contribution in [0.2, 0.25) is 5.02 Å². The normalized spacial score (nSPS) is 16.7. The Labute approximate surface area is 189 Å². The van der Waals surface area contributed by atoms with Gasteiger partial charge in [0.2, 0.25) is 0 Å². The highest BCUT2D eigenvalue weighted by molar-refractivity contribution is 6.33. The lowest BCUT2D eigenvalue weighted by Crippen LogP contribution is -2.36. The minimum absolute atomic E-state index is 0.229. The van der Waals surface area contributed by atoms with E-state index in [0.717, 1.165) is 38.9 Å². The third-order valence-corrected chi connectivity index (χ3v) is 5.38. The standard InChI is InChI=1S/C22H35ClN4O4/c1-22(2,3)31-21(29)26-13-15-7-10-27(14-15)9-6-5-8-25-20(28)16-11-17(23)18(24)12-19(16)30-4/h11-12,15H,5-10,13-14,24H2,1-4H3,(H,25,28)(H,26,29). The van der Waals surface area contributed by atoms with Gasteiger partial charge in [-0.1, -0.05) is 11.6 Å². The van der Waals surface area contributed by atoms with Crippen LogP contribution < -0.4 is 21.1 Å². The maximum atomic E-state index is 12.4. The van der Waals surface area contributed by atoms with E-state index in [1.807, 2.05) is 20.8 Å². The van der Waals surface area contributed by atoms with Crippen LogP contribution >= 0.6 is 11.6 Å². The zero-order chi connectivity index (χ0) is 23.0. The molecule has 0 aromatic heterocycles. The Morgan fingerprint density at radius 2 is 2.00 bits per heavy atom. The van der Waals surface area contributed by atoms with Gasteiger partial charge in [0.1, 0.15) is 11.4 Å². The van der Waals surface area contributed by atoms with Gasteiger partial charge in [-0.25, -0.2) is 4.79 Å². The zero-order valence-electron chi connectivity index (χ0n) is 18.9. The molecule has 1 aromatic rings. The van der Waals surface area contributed by atoms with E-state index < -0.39 is 5.60 Å². The highest BCUT2D eigenvalue weighted by atomic mass is 35.5. The molecule has 2 amide bonds. The van der Waals surface area contributed by atoms with Gasteiger partial charge in [0.15, 0.2) is 0 Å². The van der Waals surface area contributed by atoms with Gasteiger partial charge in [-0.15, -0.1) is 0 Å². The SMILES string of the molecule is COc1cc(N)c(Cl)cc1C(=O)NCCCCN1CCC(CNC(=O)OC(C)(C)C)C1. The van der Waals surface area contributed by atoms with Crippen molar-refractivity contribution in [2.45, 2.75) is 45.6 Å². The molecule has 1 aliphatic heterocycles. The Hall–Kier alpha value is -2.19. The fraction of sp³-hybridized carbons (Fsp3) is 0.636. The maximum Gasteiger partial charge on any atom is 0.407 e. The number of halogens is 1. The number of benzene rings is 1. The molecule has 1 atom stereocenters. The summed E-state index contributed by atoms with van der Waals surface area (Å²) < 4.78 is 10.5. The number of unbranched alkanes of at least 4 members (excludes halogenated alkanes) is 1. The van der Waals surface area contributed by atoms with Gasteiger partial charge in [-0.3, -0.25) is 4.79 Å². The van der Waals surface area contributed by atoms with Crippen molar-refractivity contribution in [3.05, 3.63) is 22.7 Å². The van der Waals surface area contributed by atoms with Crippen molar-refractivity contribution >= 4 is 29.3 Å². The number of likely N-dealkylation sites (tertiary alicyclic amines) is 1. The molecule has 1 heterocycles. The Kier molecular flexibility index (Phi) is 9.25. The van der Waals surface area contributed by atoms with Gasteiger partial charge in [-0.05, 0) is 65.1 Å². The van der Waals surface area contributed by atoms with Crippen molar-refractivity contribution in [1.82, 2.24) is 15.5 Å². The molecule has 2 rings (SSSR count). The second kappa shape index (κ2) is 11.4. The Bertz CT molecular complexity index is 767. The van der Waals surface area contributed by atoms with Crippen molar-refractivity contribution in [3.8, 4) is 5.75 Å². The second-order valence-corrected chi connectivity index (χ2v) is 9.28. The number of anilines is 1. The number of rotatable bonds is 9. The average molecular weight is 455 g/mol. The summed E-state index contributed by atoms with van der Waals surface area (Å²) in [5.41, 5.74) is 6.03. The minimum Gasteiger partial charge on any atom is -0.496 e. The quantitative estimate of drug-likeness (QED) is 0.390. The van der Waals surface area contributed by atoms with E-state index in [9.17, 15) is 9.59 Å². The van der Waals surface area contributed by atoms with Gasteiger partial charge < -0.3 is 30.7 Å². The van der Waals surface area contributed by atoms with Gasteiger partial charge in [0, 0.05) is 25.7 Å². The first-order valence-corrected chi connectivity index (χ1v) is 11.1. The van der Waals surface area contributed by atoms with Crippen LogP contribution in [0.3, 0.4) is 0 Å². The van der Waals surface area contributed by atoms with Gasteiger partial charge in [0.25, 0.3) is 5.91 Å². The summed E-state index contributed by atoms with van der Waals surface area (Å²) in [7, 11) is 1.49. The summed E-state index contributed by atoms with van der Waals surface area (Å²) in [5, 5.41) is 6.10. The number of nitrogens with two attached hydrogens (primary N) is 1. The lowest BCUT2D eigenvalue weighted by atomic mass is 10.1. The summed E-state index contributed by atoms with van der Waals surface area (Å²) in [6.45, 7) is 9.72. The number of ether oxygens (including phenoxy) is 2. The van der Waals surface area contributed by atoms with Crippen molar-refractivity contribution in [2.75, 3.05) is 45.6 Å². The fourth-order valence-corrected chi connectivity index (χ4v) is 3.66. The molecule has 0 radical (unpaired) electrons. The molecule has 0 saturated carbocycles. The van der Waals surface area contributed by atoms with Crippen LogP contribution in [0.1, 0.15) is 50.4 Å². The van der Waals surface area contributed by atoms with E-state index >= 15 is 0 Å². The van der Waals surface area contributed by atoms with Crippen LogP contribution in [0.15, 0.2) is 12.1 Å². The van der Waals surface area contributed by atoms with Crippen LogP contribution in [-0.2, 0) is 4.74 Å². The Morgan fingerprint density at radius 1 is 1.26 bits per heavy atom. The van der Waals surface area contributed by atoms with Crippen molar-refractivity contribution in [2.24, 2.45) is 5.92 Å². The first-order valence-electron chi connectivity index (χ1n) is 10.7. The summed E-state index contributed by atoms with van der Waals surface area (Å²) in [5.74, 6) is 0.616. The fourth-order valence-electron chi connectivity index (χ4n) is 3.50. The van der Waals surface area contributed by atoms with Crippen molar-refractivity contribution < 1.29 is 19.1 Å². The van der Waals surface area contributed by atoms with Crippen LogP contribution in [0.5, 0.6) is 5.75 Å². The summed E-state index contributed by atoms with van der Waals surface area (Å²) in [4.78, 5) is 26.6. The molecular weight excluding hydrogens is 420 g/mol. The zero-order valence-corrected chi connectivity index (χ0v) is 19.7. The van der Waals surface area contributed by atoms with Crippen molar-refractivity contribution in [1.29, 1.82) is 0 Å². The minimum atomic E-state index is -0.480. The summed E-state index contributed by atoms with van der Waals surface area (Å²) in [6, 6.07) is 3.08. The molecule has 1 aliphatic rings. The number of nitrogens with one attached hydrogen (secondary N) is 2. The van der Waals surface area contributed by atoms with E-state index in [4.69, 9.17) is 26.8 Å². The number of amides is 2. The third-order valence-electron chi connectivity index (χ3n) is 5.05. The van der Waals surface area contributed by atoms with Crippen LogP contribution in [0, 0.1) is 5.92 Å². The first-order chi connectivity index (χ1) is 14.6. The number of methoxy groups -OCH3 is 1. The van der Waals surface area contributed by atoms with E-state index in [1.54, 1.807) is 6.07 Å². The Balaban J connectivity index is 1.63. The lowest BCUT2D eigenvalue weighted by Gasteiger charge is -2.21. The molecular formula is C22H35ClN4O4. The smallest absolute Gasteiger partial charge is 0.407 e. The molecule has 1 aromatic carbocycles. The highest BCUT2D eigenvalue weighted by Crippen LogP contribution is 2.28.